The van der Waals surface area contributed by atoms with Gasteiger partial charge in [0.1, 0.15) is 17.5 Å². The third kappa shape index (κ3) is 6.62. The molecule has 1 heterocycles. The lowest BCUT2D eigenvalue weighted by Crippen LogP contribution is -2.48. The molecule has 0 spiro atoms. The highest BCUT2D eigenvalue weighted by atomic mass is 16.5. The molecule has 7 nitrogen and oxygen atoms in total. The fourth-order valence-electron chi connectivity index (χ4n) is 6.25. The van der Waals surface area contributed by atoms with Crippen LogP contribution in [0.1, 0.15) is 69.8 Å². The topological polar surface area (TPSA) is 99.1 Å². The van der Waals surface area contributed by atoms with Crippen molar-refractivity contribution in [1.82, 2.24) is 10.2 Å². The van der Waals surface area contributed by atoms with Crippen LogP contribution >= 0.6 is 0 Å². The highest BCUT2D eigenvalue weighted by molar-refractivity contribution is 5.87. The van der Waals surface area contributed by atoms with Crippen molar-refractivity contribution in [2.24, 2.45) is 11.3 Å². The van der Waals surface area contributed by atoms with Gasteiger partial charge in [-0.1, -0.05) is 96.1 Å². The first-order valence-corrected chi connectivity index (χ1v) is 14.5. The van der Waals surface area contributed by atoms with E-state index in [2.05, 4.69) is 38.2 Å². The number of amides is 1. The largest absolute Gasteiger partial charge is 0.508 e. The molecule has 0 radical (unpaired) electrons. The van der Waals surface area contributed by atoms with E-state index in [9.17, 15) is 19.8 Å². The van der Waals surface area contributed by atoms with Crippen molar-refractivity contribution in [3.8, 4) is 11.5 Å². The number of hydrogen-bond donors (Lipinski definition) is 3. The average Bonchev–Trinajstić information content (AvgIpc) is 3.29. The summed E-state index contributed by atoms with van der Waals surface area (Å²) in [5, 5.41) is 24.1. The summed E-state index contributed by atoms with van der Waals surface area (Å²) in [6, 6.07) is 20.4. The zero-order valence-electron chi connectivity index (χ0n) is 25.7. The molecule has 0 bridgehead atoms. The molecule has 7 heteroatoms. The van der Waals surface area contributed by atoms with Gasteiger partial charge in [0.15, 0.2) is 0 Å². The minimum absolute atomic E-state index is 0.0262. The van der Waals surface area contributed by atoms with Crippen LogP contribution in [0, 0.1) is 11.3 Å². The van der Waals surface area contributed by atoms with E-state index in [0.717, 1.165) is 16.9 Å². The summed E-state index contributed by atoms with van der Waals surface area (Å²) < 4.78 is 5.71. The van der Waals surface area contributed by atoms with Gasteiger partial charge in [-0.25, -0.2) is 4.79 Å². The minimum atomic E-state index is -1.04. The Morgan fingerprint density at radius 3 is 2.12 bits per heavy atom. The number of rotatable bonds is 8. The second-order valence-corrected chi connectivity index (χ2v) is 13.4. The molecule has 0 saturated carbocycles. The summed E-state index contributed by atoms with van der Waals surface area (Å²) >= 11 is 0. The molecule has 1 saturated heterocycles. The Hall–Kier alpha value is -3.84. The van der Waals surface area contributed by atoms with E-state index in [4.69, 9.17) is 4.74 Å². The normalized spacial score (nSPS) is 20.9. The van der Waals surface area contributed by atoms with Crippen molar-refractivity contribution in [2.75, 3.05) is 7.11 Å². The summed E-state index contributed by atoms with van der Waals surface area (Å²) in [6.45, 7) is 13.1. The highest BCUT2D eigenvalue weighted by Crippen LogP contribution is 2.48. The van der Waals surface area contributed by atoms with Crippen molar-refractivity contribution in [1.29, 1.82) is 0 Å². The number of aliphatic carboxylic acids is 1. The number of nitrogens with zero attached hydrogens (tertiary/aromatic N) is 1. The molecule has 1 fully saturated rings. The molecule has 224 valence electrons. The summed E-state index contributed by atoms with van der Waals surface area (Å²) in [5.74, 6) is -0.826. The van der Waals surface area contributed by atoms with Crippen LogP contribution in [0.5, 0.6) is 11.5 Å². The Balaban J connectivity index is 1.81. The van der Waals surface area contributed by atoms with E-state index in [0.29, 0.717) is 12.1 Å². The molecule has 1 amide bonds. The van der Waals surface area contributed by atoms with Gasteiger partial charge in [0, 0.05) is 24.1 Å². The van der Waals surface area contributed by atoms with Gasteiger partial charge >= 0.3 is 5.97 Å². The quantitative estimate of drug-likeness (QED) is 0.302. The molecule has 0 aromatic heterocycles. The molecule has 4 atom stereocenters. The maximum atomic E-state index is 14.1. The Kier molecular flexibility index (Phi) is 9.02. The number of hydrogen-bond acceptors (Lipinski definition) is 5. The van der Waals surface area contributed by atoms with Crippen LogP contribution < -0.4 is 10.1 Å². The molecule has 3 N–H and O–H groups in total. The summed E-state index contributed by atoms with van der Waals surface area (Å²) in [5.41, 5.74) is 3.24. The van der Waals surface area contributed by atoms with Crippen LogP contribution in [0.15, 0.2) is 72.8 Å². The van der Waals surface area contributed by atoms with Crippen molar-refractivity contribution in [3.05, 3.63) is 95.1 Å². The van der Waals surface area contributed by atoms with E-state index in [-0.39, 0.29) is 29.5 Å². The summed E-state index contributed by atoms with van der Waals surface area (Å²) in [7, 11) is 1.65. The number of nitrogens with one attached hydrogen (secondary N) is 1. The molecule has 3 aromatic carbocycles. The number of aromatic hydroxyl groups is 1. The number of phenols is 1. The van der Waals surface area contributed by atoms with Crippen LogP contribution in [0.4, 0.5) is 0 Å². The summed E-state index contributed by atoms with van der Waals surface area (Å²) in [6.07, 6.45) is 0.0262. The van der Waals surface area contributed by atoms with Crippen molar-refractivity contribution >= 4 is 11.9 Å². The Bertz CT molecular complexity index is 1390. The first-order chi connectivity index (χ1) is 19.7. The fourth-order valence-corrected chi connectivity index (χ4v) is 6.25. The van der Waals surface area contributed by atoms with E-state index in [1.807, 2.05) is 57.2 Å². The van der Waals surface area contributed by atoms with Crippen molar-refractivity contribution < 1.29 is 24.5 Å². The standard InChI is InChI=1S/C35H44N2O5/c1-34(2,3)25-15-18-27(42-7)24(20-25)21-36-30-29(35(4,5)6)32(33(40)41)37(31(30)23-11-9-8-10-12-23)28(39)19-22-13-16-26(38)17-14-22/h8-18,20,29-32,36,38H,19,21H2,1-7H3,(H,40,41)/t29-,30-,31-,32-/m0/s1. The fraction of sp³-hybridized carbons (Fsp3) is 0.429. The molecule has 0 unspecified atom stereocenters. The molecule has 1 aliphatic rings. The van der Waals surface area contributed by atoms with Gasteiger partial charge in [0.25, 0.3) is 0 Å². The van der Waals surface area contributed by atoms with Crippen LogP contribution in [-0.4, -0.2) is 46.2 Å². The lowest BCUT2D eigenvalue weighted by molar-refractivity contribution is -0.152. The first kappa shape index (κ1) is 31.1. The zero-order chi connectivity index (χ0) is 30.8. The lowest BCUT2D eigenvalue weighted by Gasteiger charge is -2.35. The molecule has 0 aliphatic carbocycles. The first-order valence-electron chi connectivity index (χ1n) is 14.5. The second-order valence-electron chi connectivity index (χ2n) is 13.4. The highest BCUT2D eigenvalue weighted by Gasteiger charge is 2.57. The maximum Gasteiger partial charge on any atom is 0.326 e. The van der Waals surface area contributed by atoms with Crippen LogP contribution in [0.3, 0.4) is 0 Å². The number of carboxylic acids is 1. The average molecular weight is 573 g/mol. The monoisotopic (exact) mass is 572 g/mol. The van der Waals surface area contributed by atoms with Crippen LogP contribution in [-0.2, 0) is 28.0 Å². The van der Waals surface area contributed by atoms with E-state index in [1.54, 1.807) is 24.1 Å². The predicted octanol–water partition coefficient (Wildman–Crippen LogP) is 6.10. The minimum Gasteiger partial charge on any atom is -0.508 e. The lowest BCUT2D eigenvalue weighted by atomic mass is 9.72. The summed E-state index contributed by atoms with van der Waals surface area (Å²) in [4.78, 5) is 28.7. The van der Waals surface area contributed by atoms with Crippen LogP contribution in [0.2, 0.25) is 0 Å². The Morgan fingerprint density at radius 1 is 0.929 bits per heavy atom. The maximum absolute atomic E-state index is 14.1. The second kappa shape index (κ2) is 12.2. The third-order valence-corrected chi connectivity index (χ3v) is 8.32. The number of benzene rings is 3. The van der Waals surface area contributed by atoms with E-state index in [1.165, 1.54) is 17.7 Å². The number of likely N-dealkylation sites (tertiary alicyclic amines) is 1. The molecular formula is C35H44N2O5. The van der Waals surface area contributed by atoms with Gasteiger partial charge in [-0.15, -0.1) is 0 Å². The number of carbonyl (C=O) groups excluding carboxylic acids is 1. The van der Waals surface area contributed by atoms with Crippen LogP contribution in [0.25, 0.3) is 0 Å². The molecule has 4 rings (SSSR count). The number of carbonyl (C=O) groups is 2. The number of phenolic OH excluding ortho intramolecular Hbond substituents is 1. The van der Waals surface area contributed by atoms with Crippen molar-refractivity contribution in [2.45, 2.75) is 78.0 Å². The number of ether oxygens (including phenoxy) is 1. The molecule has 42 heavy (non-hydrogen) atoms. The molecular weight excluding hydrogens is 528 g/mol. The zero-order valence-corrected chi connectivity index (χ0v) is 25.7. The van der Waals surface area contributed by atoms with Gasteiger partial charge in [-0.3, -0.25) is 4.79 Å². The van der Waals surface area contributed by atoms with Gasteiger partial charge in [0.05, 0.1) is 19.6 Å². The Labute approximate surface area is 249 Å². The molecule has 1 aliphatic heterocycles. The van der Waals surface area contributed by atoms with Gasteiger partial charge in [-0.2, -0.15) is 0 Å². The smallest absolute Gasteiger partial charge is 0.326 e. The number of methoxy groups -OCH3 is 1. The van der Waals surface area contributed by atoms with Gasteiger partial charge in [-0.05, 0) is 45.7 Å². The van der Waals surface area contributed by atoms with Gasteiger partial charge in [0.2, 0.25) is 5.91 Å². The van der Waals surface area contributed by atoms with Gasteiger partial charge < -0.3 is 25.2 Å². The third-order valence-electron chi connectivity index (χ3n) is 8.32. The number of carboxylic acid groups (broad SMARTS) is 1. The Morgan fingerprint density at radius 2 is 1.57 bits per heavy atom. The van der Waals surface area contributed by atoms with E-state index >= 15 is 0 Å². The molecule has 3 aromatic rings. The van der Waals surface area contributed by atoms with Crippen molar-refractivity contribution in [3.63, 3.8) is 0 Å². The predicted molar refractivity (Wildman–Crippen MR) is 165 cm³/mol. The SMILES string of the molecule is COc1ccc(C(C)(C)C)cc1CN[C@H]1[C@H](C(C)(C)C)[C@@H](C(=O)O)N(C(=O)Cc2ccc(O)cc2)[C@H]1c1ccccc1. The van der Waals surface area contributed by atoms with E-state index < -0.39 is 29.4 Å².